The molecule has 28 heavy (non-hydrogen) atoms. The summed E-state index contributed by atoms with van der Waals surface area (Å²) in [5, 5.41) is 9.19. The van der Waals surface area contributed by atoms with E-state index in [0.29, 0.717) is 19.5 Å². The van der Waals surface area contributed by atoms with E-state index in [1.807, 2.05) is 35.0 Å². The van der Waals surface area contributed by atoms with Crippen molar-refractivity contribution in [2.45, 2.75) is 31.8 Å². The van der Waals surface area contributed by atoms with E-state index in [-0.39, 0.29) is 11.3 Å². The molecule has 8 heteroatoms. The van der Waals surface area contributed by atoms with Gasteiger partial charge in [-0.3, -0.25) is 29.6 Å². The quantitative estimate of drug-likeness (QED) is 0.572. The zero-order valence-corrected chi connectivity index (χ0v) is 16.4. The molecule has 1 saturated carbocycles. The number of aromatic nitrogens is 1. The van der Waals surface area contributed by atoms with Crippen molar-refractivity contribution >= 4 is 11.8 Å². The third-order valence-electron chi connectivity index (χ3n) is 6.55. The summed E-state index contributed by atoms with van der Waals surface area (Å²) in [5.74, 6) is -0.931. The Bertz CT molecular complexity index is 716. The smallest absolute Gasteiger partial charge is 0.248 e. The summed E-state index contributed by atoms with van der Waals surface area (Å²) in [6.07, 6.45) is 4.67. The number of likely N-dealkylation sites (tertiary alicyclic amines) is 1. The van der Waals surface area contributed by atoms with Gasteiger partial charge in [-0.1, -0.05) is 6.07 Å². The van der Waals surface area contributed by atoms with Crippen LogP contribution in [0.2, 0.25) is 0 Å². The van der Waals surface area contributed by atoms with Crippen molar-refractivity contribution in [2.75, 3.05) is 39.8 Å². The zero-order chi connectivity index (χ0) is 19.7. The van der Waals surface area contributed by atoms with Crippen molar-refractivity contribution in [3.05, 3.63) is 30.1 Å². The predicted molar refractivity (Wildman–Crippen MR) is 102 cm³/mol. The molecule has 1 aromatic heterocycles. The molecule has 2 N–H and O–H groups in total. The van der Waals surface area contributed by atoms with Crippen LogP contribution < -0.4 is 5.48 Å². The summed E-state index contributed by atoms with van der Waals surface area (Å²) >= 11 is 0. The van der Waals surface area contributed by atoms with Gasteiger partial charge in [0, 0.05) is 45.5 Å². The highest BCUT2D eigenvalue weighted by Gasteiger charge is 2.55. The molecule has 0 aromatic carbocycles. The molecule has 3 heterocycles. The summed E-state index contributed by atoms with van der Waals surface area (Å²) < 4.78 is 0. The summed E-state index contributed by atoms with van der Waals surface area (Å²) in [5.41, 5.74) is 2.98. The molecular formula is C20H29N5O3. The molecule has 2 saturated heterocycles. The lowest BCUT2D eigenvalue weighted by Gasteiger charge is -2.44. The molecule has 0 bridgehead atoms. The number of piperazine rings is 1. The van der Waals surface area contributed by atoms with Gasteiger partial charge in [-0.2, -0.15) is 0 Å². The number of hydroxylamine groups is 1. The molecule has 2 amide bonds. The Morgan fingerprint density at radius 2 is 2.00 bits per heavy atom. The average molecular weight is 387 g/mol. The van der Waals surface area contributed by atoms with Crippen LogP contribution >= 0.6 is 0 Å². The second-order valence-electron chi connectivity index (χ2n) is 8.57. The van der Waals surface area contributed by atoms with Crippen LogP contribution in [0.4, 0.5) is 0 Å². The lowest BCUT2D eigenvalue weighted by Crippen LogP contribution is -2.61. The topological polar surface area (TPSA) is 89.0 Å². The van der Waals surface area contributed by atoms with E-state index in [1.54, 1.807) is 11.7 Å². The monoisotopic (exact) mass is 387 g/mol. The maximum Gasteiger partial charge on any atom is 0.248 e. The molecule has 3 aliphatic rings. The van der Waals surface area contributed by atoms with Crippen LogP contribution in [-0.2, 0) is 16.1 Å². The van der Waals surface area contributed by atoms with Gasteiger partial charge in [0.2, 0.25) is 11.8 Å². The molecule has 152 valence electrons. The minimum Gasteiger partial charge on any atom is -0.339 e. The second-order valence-corrected chi connectivity index (χ2v) is 8.57. The fourth-order valence-electron chi connectivity index (χ4n) is 4.83. The van der Waals surface area contributed by atoms with Gasteiger partial charge in [-0.05, 0) is 43.9 Å². The van der Waals surface area contributed by atoms with E-state index in [0.717, 1.165) is 44.7 Å². The number of nitrogens with zero attached hydrogens (tertiary/aromatic N) is 4. The van der Waals surface area contributed by atoms with Gasteiger partial charge >= 0.3 is 0 Å². The highest BCUT2D eigenvalue weighted by atomic mass is 16.5. The van der Waals surface area contributed by atoms with Crippen LogP contribution in [0.25, 0.3) is 0 Å². The van der Waals surface area contributed by atoms with E-state index in [4.69, 9.17) is 0 Å². The molecular weight excluding hydrogens is 358 g/mol. The van der Waals surface area contributed by atoms with Crippen LogP contribution in [0, 0.1) is 11.3 Å². The van der Waals surface area contributed by atoms with Gasteiger partial charge in [0.15, 0.2) is 0 Å². The van der Waals surface area contributed by atoms with Crippen molar-refractivity contribution in [3.8, 4) is 0 Å². The first kappa shape index (κ1) is 19.3. The second kappa shape index (κ2) is 7.77. The standard InChI is InChI=1S/C20H29N5O3/c1-23-14-20(5-6-20)12-16(18(26)22-28)17(23)19(27)25-10-8-24(9-11-25)13-15-4-2-3-7-21-15/h2-4,7,16-17,28H,5-6,8-14H2,1H3,(H,22,26). The maximum absolute atomic E-state index is 13.3. The molecule has 1 aromatic rings. The number of pyridine rings is 1. The van der Waals surface area contributed by atoms with Gasteiger partial charge in [-0.25, -0.2) is 5.48 Å². The molecule has 4 rings (SSSR count). The van der Waals surface area contributed by atoms with Crippen molar-refractivity contribution in [1.82, 2.24) is 25.2 Å². The Morgan fingerprint density at radius 1 is 1.25 bits per heavy atom. The Morgan fingerprint density at radius 3 is 2.61 bits per heavy atom. The molecule has 1 aliphatic carbocycles. The third kappa shape index (κ3) is 3.90. The van der Waals surface area contributed by atoms with E-state index < -0.39 is 17.9 Å². The Kier molecular flexibility index (Phi) is 5.35. The Hall–Kier alpha value is -2.03. The normalized spacial score (nSPS) is 27.6. The fourth-order valence-corrected chi connectivity index (χ4v) is 4.83. The third-order valence-corrected chi connectivity index (χ3v) is 6.55. The highest BCUT2D eigenvalue weighted by Crippen LogP contribution is 2.54. The summed E-state index contributed by atoms with van der Waals surface area (Å²) in [6.45, 7) is 4.50. The predicted octanol–water partition coefficient (Wildman–Crippen LogP) is 0.332. The van der Waals surface area contributed by atoms with Crippen LogP contribution in [0.3, 0.4) is 0 Å². The van der Waals surface area contributed by atoms with Crippen LogP contribution in [0.15, 0.2) is 24.4 Å². The number of carbonyl (C=O) groups excluding carboxylic acids is 2. The first-order chi connectivity index (χ1) is 13.5. The number of nitrogens with one attached hydrogen (secondary N) is 1. The number of rotatable bonds is 4. The SMILES string of the molecule is CN1CC2(CC2)CC(C(=O)NO)C1C(=O)N1CCN(Cc2ccccn2)CC1. The largest absolute Gasteiger partial charge is 0.339 e. The van der Waals surface area contributed by atoms with Gasteiger partial charge in [0.05, 0.1) is 11.6 Å². The number of hydrogen-bond donors (Lipinski definition) is 2. The van der Waals surface area contributed by atoms with E-state index in [1.165, 1.54) is 0 Å². The molecule has 1 spiro atoms. The minimum absolute atomic E-state index is 0.00378. The molecule has 8 nitrogen and oxygen atoms in total. The van der Waals surface area contributed by atoms with E-state index >= 15 is 0 Å². The molecule has 0 radical (unpaired) electrons. The van der Waals surface area contributed by atoms with Crippen molar-refractivity contribution < 1.29 is 14.8 Å². The highest BCUT2D eigenvalue weighted by molar-refractivity contribution is 5.90. The summed E-state index contributed by atoms with van der Waals surface area (Å²) in [7, 11) is 1.93. The minimum atomic E-state index is -0.499. The Balaban J connectivity index is 1.38. The van der Waals surface area contributed by atoms with Crippen molar-refractivity contribution in [2.24, 2.45) is 11.3 Å². The molecule has 2 aliphatic heterocycles. The van der Waals surface area contributed by atoms with Gasteiger partial charge < -0.3 is 4.90 Å². The summed E-state index contributed by atoms with van der Waals surface area (Å²) in [4.78, 5) is 36.2. The lowest BCUT2D eigenvalue weighted by molar-refractivity contribution is -0.151. The van der Waals surface area contributed by atoms with Gasteiger partial charge in [-0.15, -0.1) is 0 Å². The number of hydrogen-bond acceptors (Lipinski definition) is 6. The first-order valence-electron chi connectivity index (χ1n) is 10.1. The fraction of sp³-hybridized carbons (Fsp3) is 0.650. The molecule has 2 unspecified atom stereocenters. The number of amides is 2. The molecule has 3 fully saturated rings. The number of carbonyl (C=O) groups is 2. The van der Waals surface area contributed by atoms with Gasteiger partial charge in [0.1, 0.15) is 6.04 Å². The van der Waals surface area contributed by atoms with Gasteiger partial charge in [0.25, 0.3) is 0 Å². The first-order valence-corrected chi connectivity index (χ1v) is 10.1. The summed E-state index contributed by atoms with van der Waals surface area (Å²) in [6, 6.07) is 5.41. The van der Waals surface area contributed by atoms with Crippen molar-refractivity contribution in [1.29, 1.82) is 0 Å². The van der Waals surface area contributed by atoms with Crippen LogP contribution in [0.5, 0.6) is 0 Å². The van der Waals surface area contributed by atoms with Crippen LogP contribution in [-0.4, -0.2) is 82.5 Å². The number of piperidine rings is 1. The zero-order valence-electron chi connectivity index (χ0n) is 16.4. The number of likely N-dealkylation sites (N-methyl/N-ethyl adjacent to an activating group) is 1. The Labute approximate surface area is 165 Å². The maximum atomic E-state index is 13.3. The molecule has 2 atom stereocenters. The van der Waals surface area contributed by atoms with E-state index in [9.17, 15) is 14.8 Å². The lowest BCUT2D eigenvalue weighted by atomic mass is 9.80. The van der Waals surface area contributed by atoms with E-state index in [2.05, 4.69) is 9.88 Å². The van der Waals surface area contributed by atoms with Crippen LogP contribution in [0.1, 0.15) is 25.0 Å². The average Bonchev–Trinajstić information content (AvgIpc) is 3.46. The van der Waals surface area contributed by atoms with Crippen molar-refractivity contribution in [3.63, 3.8) is 0 Å².